The molecule has 2 aliphatic carbocycles. The maximum absolute atomic E-state index is 4.87. The summed E-state index contributed by atoms with van der Waals surface area (Å²) in [6.07, 6.45) is 9.96. The second-order valence-corrected chi connectivity index (χ2v) is 8.62. The number of benzene rings is 1. The molecular formula is C23H35IN6. The summed E-state index contributed by atoms with van der Waals surface area (Å²) in [5.41, 5.74) is 1.49. The lowest BCUT2D eigenvalue weighted by Crippen LogP contribution is -2.47. The van der Waals surface area contributed by atoms with Gasteiger partial charge in [-0.05, 0) is 56.9 Å². The van der Waals surface area contributed by atoms with Crippen molar-refractivity contribution in [3.05, 3.63) is 47.5 Å². The highest BCUT2D eigenvalue weighted by Crippen LogP contribution is 2.32. The van der Waals surface area contributed by atoms with Gasteiger partial charge in [-0.3, -0.25) is 0 Å². The van der Waals surface area contributed by atoms with Gasteiger partial charge in [-0.15, -0.1) is 34.2 Å². The first-order valence-corrected chi connectivity index (χ1v) is 11.2. The zero-order valence-electron chi connectivity index (χ0n) is 18.2. The lowest BCUT2D eigenvalue weighted by Gasteiger charge is -2.31. The third-order valence-corrected chi connectivity index (χ3v) is 6.60. The zero-order valence-corrected chi connectivity index (χ0v) is 20.5. The highest BCUT2D eigenvalue weighted by Gasteiger charge is 2.24. The maximum Gasteiger partial charge on any atom is 0.192 e. The molecule has 30 heavy (non-hydrogen) atoms. The third-order valence-electron chi connectivity index (χ3n) is 6.60. The van der Waals surface area contributed by atoms with Gasteiger partial charge in [0.25, 0.3) is 0 Å². The average molecular weight is 522 g/mol. The third kappa shape index (κ3) is 5.95. The number of aryl methyl sites for hydroxylation is 1. The van der Waals surface area contributed by atoms with E-state index in [1.807, 2.05) is 18.5 Å². The first kappa shape index (κ1) is 23.0. The SMILES string of the molecule is Cc1nnc(CN=C(NC2CCCC2)NC2CCC(c3ccccc3)CC2)n1C.I. The lowest BCUT2D eigenvalue weighted by atomic mass is 9.82. The van der Waals surface area contributed by atoms with E-state index < -0.39 is 0 Å². The van der Waals surface area contributed by atoms with Gasteiger partial charge in [-0.1, -0.05) is 43.2 Å². The first-order chi connectivity index (χ1) is 14.2. The van der Waals surface area contributed by atoms with Crippen LogP contribution in [0.25, 0.3) is 0 Å². The van der Waals surface area contributed by atoms with E-state index >= 15 is 0 Å². The molecular weight excluding hydrogens is 487 g/mol. The smallest absolute Gasteiger partial charge is 0.192 e. The highest BCUT2D eigenvalue weighted by atomic mass is 127. The molecule has 0 aliphatic heterocycles. The lowest BCUT2D eigenvalue weighted by molar-refractivity contribution is 0.369. The summed E-state index contributed by atoms with van der Waals surface area (Å²) < 4.78 is 2.02. The Hall–Kier alpha value is -1.64. The summed E-state index contributed by atoms with van der Waals surface area (Å²) in [4.78, 5) is 4.87. The number of guanidine groups is 1. The molecule has 4 rings (SSSR count). The maximum atomic E-state index is 4.87. The molecule has 2 aromatic rings. The second kappa shape index (κ2) is 11.1. The van der Waals surface area contributed by atoms with Crippen LogP contribution in [0, 0.1) is 6.92 Å². The predicted octanol–water partition coefficient (Wildman–Crippen LogP) is 4.45. The van der Waals surface area contributed by atoms with Crippen LogP contribution in [0.5, 0.6) is 0 Å². The van der Waals surface area contributed by atoms with Crippen molar-refractivity contribution in [3.8, 4) is 0 Å². The monoisotopic (exact) mass is 522 g/mol. The van der Waals surface area contributed by atoms with Crippen molar-refractivity contribution in [1.29, 1.82) is 0 Å². The van der Waals surface area contributed by atoms with Gasteiger partial charge in [-0.25, -0.2) is 4.99 Å². The predicted molar refractivity (Wildman–Crippen MR) is 132 cm³/mol. The number of rotatable bonds is 5. The van der Waals surface area contributed by atoms with E-state index in [-0.39, 0.29) is 24.0 Å². The summed E-state index contributed by atoms with van der Waals surface area (Å²) in [6.45, 7) is 2.53. The number of nitrogens with one attached hydrogen (secondary N) is 2. The molecule has 0 spiro atoms. The molecule has 0 amide bonds. The summed E-state index contributed by atoms with van der Waals surface area (Å²) in [5.74, 6) is 3.47. The number of aromatic nitrogens is 3. The topological polar surface area (TPSA) is 67.1 Å². The van der Waals surface area contributed by atoms with Crippen LogP contribution >= 0.6 is 24.0 Å². The normalized spacial score (nSPS) is 22.5. The Balaban J connectivity index is 0.00000256. The fourth-order valence-electron chi connectivity index (χ4n) is 4.62. The van der Waals surface area contributed by atoms with Crippen LogP contribution in [0.1, 0.15) is 74.5 Å². The van der Waals surface area contributed by atoms with E-state index in [1.165, 1.54) is 56.9 Å². The van der Waals surface area contributed by atoms with Crippen molar-refractivity contribution >= 4 is 29.9 Å². The molecule has 164 valence electrons. The Morgan fingerprint density at radius 2 is 1.60 bits per heavy atom. The zero-order chi connectivity index (χ0) is 20.1. The van der Waals surface area contributed by atoms with Crippen LogP contribution in [0.4, 0.5) is 0 Å². The van der Waals surface area contributed by atoms with Crippen molar-refractivity contribution in [3.63, 3.8) is 0 Å². The Bertz CT molecular complexity index is 804. The molecule has 0 bridgehead atoms. The minimum atomic E-state index is 0. The molecule has 2 N–H and O–H groups in total. The number of aliphatic imine (C=N–C) groups is 1. The fraction of sp³-hybridized carbons (Fsp3) is 0.609. The van der Waals surface area contributed by atoms with Crippen molar-refractivity contribution in [1.82, 2.24) is 25.4 Å². The van der Waals surface area contributed by atoms with Gasteiger partial charge >= 0.3 is 0 Å². The van der Waals surface area contributed by atoms with Crippen LogP contribution in [0.2, 0.25) is 0 Å². The largest absolute Gasteiger partial charge is 0.354 e. The number of halogens is 1. The van der Waals surface area contributed by atoms with Gasteiger partial charge in [0, 0.05) is 19.1 Å². The molecule has 7 heteroatoms. The van der Waals surface area contributed by atoms with Gasteiger partial charge in [0.2, 0.25) is 0 Å². The summed E-state index contributed by atoms with van der Waals surface area (Å²) in [7, 11) is 2.00. The van der Waals surface area contributed by atoms with Crippen molar-refractivity contribution in [2.75, 3.05) is 0 Å². The molecule has 1 aromatic carbocycles. The van der Waals surface area contributed by atoms with Crippen LogP contribution in [-0.4, -0.2) is 32.8 Å². The van der Waals surface area contributed by atoms with Crippen LogP contribution in [-0.2, 0) is 13.6 Å². The van der Waals surface area contributed by atoms with Crippen LogP contribution in [0.3, 0.4) is 0 Å². The number of nitrogens with zero attached hydrogens (tertiary/aromatic N) is 4. The molecule has 2 saturated carbocycles. The quantitative estimate of drug-likeness (QED) is 0.346. The Kier molecular flexibility index (Phi) is 8.53. The van der Waals surface area contributed by atoms with E-state index in [1.54, 1.807) is 0 Å². The molecule has 2 fully saturated rings. The molecule has 6 nitrogen and oxygen atoms in total. The van der Waals surface area contributed by atoms with Crippen molar-refractivity contribution < 1.29 is 0 Å². The Morgan fingerprint density at radius 3 is 2.20 bits per heavy atom. The van der Waals surface area contributed by atoms with Crippen LogP contribution < -0.4 is 10.6 Å². The van der Waals surface area contributed by atoms with Gasteiger partial charge in [0.1, 0.15) is 12.4 Å². The standard InChI is InChI=1S/C23H34N6.HI/c1-17-27-28-22(29(17)2)16-24-23(25-20-10-6-7-11-20)26-21-14-12-19(13-15-21)18-8-4-3-5-9-18;/h3-5,8-9,19-21H,6-7,10-16H2,1-2H3,(H2,24,25,26);1H. The van der Waals surface area contributed by atoms with Gasteiger partial charge in [-0.2, -0.15) is 0 Å². The molecule has 0 atom stereocenters. The van der Waals surface area contributed by atoms with E-state index in [2.05, 4.69) is 51.2 Å². The number of hydrogen-bond acceptors (Lipinski definition) is 3. The van der Waals surface area contributed by atoms with Crippen LogP contribution in [0.15, 0.2) is 35.3 Å². The van der Waals surface area contributed by atoms with Gasteiger partial charge < -0.3 is 15.2 Å². The van der Waals surface area contributed by atoms with E-state index in [0.29, 0.717) is 24.5 Å². The molecule has 0 saturated heterocycles. The second-order valence-electron chi connectivity index (χ2n) is 8.62. The first-order valence-electron chi connectivity index (χ1n) is 11.2. The van der Waals surface area contributed by atoms with E-state index in [0.717, 1.165) is 17.6 Å². The van der Waals surface area contributed by atoms with Gasteiger partial charge in [0.05, 0.1) is 0 Å². The average Bonchev–Trinajstić information content (AvgIpc) is 3.38. The minimum Gasteiger partial charge on any atom is -0.354 e. The van der Waals surface area contributed by atoms with Crippen molar-refractivity contribution in [2.24, 2.45) is 12.0 Å². The van der Waals surface area contributed by atoms with Crippen molar-refractivity contribution in [2.45, 2.75) is 82.8 Å². The van der Waals surface area contributed by atoms with E-state index in [4.69, 9.17) is 4.99 Å². The van der Waals surface area contributed by atoms with E-state index in [9.17, 15) is 0 Å². The summed E-state index contributed by atoms with van der Waals surface area (Å²) >= 11 is 0. The Labute approximate surface area is 197 Å². The molecule has 2 aliphatic rings. The highest BCUT2D eigenvalue weighted by molar-refractivity contribution is 14.0. The molecule has 0 radical (unpaired) electrons. The Morgan fingerprint density at radius 1 is 0.967 bits per heavy atom. The summed E-state index contributed by atoms with van der Waals surface area (Å²) in [5, 5.41) is 15.8. The van der Waals surface area contributed by atoms with Gasteiger partial charge in [0.15, 0.2) is 11.8 Å². The minimum absolute atomic E-state index is 0. The molecule has 1 aromatic heterocycles. The fourth-order valence-corrected chi connectivity index (χ4v) is 4.62. The number of hydrogen-bond donors (Lipinski definition) is 2. The summed E-state index contributed by atoms with van der Waals surface area (Å²) in [6, 6.07) is 12.0. The molecule has 0 unspecified atom stereocenters. The molecule has 1 heterocycles.